The van der Waals surface area contributed by atoms with Gasteiger partial charge in [0.05, 0.1) is 0 Å². The molecule has 0 aliphatic carbocycles. The molecular weight excluding hydrogens is 194 g/mol. The Labute approximate surface area is 103 Å². The first-order valence-corrected chi connectivity index (χ1v) is 7.02. The fourth-order valence-corrected chi connectivity index (χ4v) is 2.12. The summed E-state index contributed by atoms with van der Waals surface area (Å²) < 4.78 is 0. The standard InChI is InChI=1S/C15H31N/c1-5-6-7-8-9-10-11-12-15(16-4)13-14(2)3/h15-16H,2,5-13H2,1,3-4H3. The largest absolute Gasteiger partial charge is 0.317 e. The van der Waals surface area contributed by atoms with Crippen LogP contribution < -0.4 is 5.32 Å². The van der Waals surface area contributed by atoms with Gasteiger partial charge in [-0.25, -0.2) is 0 Å². The molecule has 0 aromatic heterocycles. The quantitative estimate of drug-likeness (QED) is 0.397. The smallest absolute Gasteiger partial charge is 0.0101 e. The van der Waals surface area contributed by atoms with E-state index < -0.39 is 0 Å². The lowest BCUT2D eigenvalue weighted by atomic mass is 10.0. The molecule has 96 valence electrons. The van der Waals surface area contributed by atoms with Crippen molar-refractivity contribution in [3.63, 3.8) is 0 Å². The van der Waals surface area contributed by atoms with E-state index in [9.17, 15) is 0 Å². The van der Waals surface area contributed by atoms with Gasteiger partial charge >= 0.3 is 0 Å². The molecule has 1 heteroatoms. The molecule has 0 bridgehead atoms. The van der Waals surface area contributed by atoms with Crippen LogP contribution in [0.3, 0.4) is 0 Å². The number of hydrogen-bond donors (Lipinski definition) is 1. The highest BCUT2D eigenvalue weighted by atomic mass is 14.9. The van der Waals surface area contributed by atoms with Crippen molar-refractivity contribution in [1.29, 1.82) is 0 Å². The normalized spacial score (nSPS) is 12.7. The van der Waals surface area contributed by atoms with Gasteiger partial charge in [0.2, 0.25) is 0 Å². The van der Waals surface area contributed by atoms with E-state index >= 15 is 0 Å². The number of nitrogens with one attached hydrogen (secondary N) is 1. The number of rotatable bonds is 11. The fraction of sp³-hybridized carbons (Fsp3) is 0.867. The van der Waals surface area contributed by atoms with Crippen LogP contribution in [0.15, 0.2) is 12.2 Å². The predicted molar refractivity (Wildman–Crippen MR) is 74.9 cm³/mol. The molecule has 0 amide bonds. The lowest BCUT2D eigenvalue weighted by molar-refractivity contribution is 0.478. The molecule has 1 nitrogen and oxygen atoms in total. The van der Waals surface area contributed by atoms with Crippen LogP contribution in [0.25, 0.3) is 0 Å². The third-order valence-corrected chi connectivity index (χ3v) is 3.16. The Kier molecular flexibility index (Phi) is 11.0. The molecule has 0 aromatic rings. The van der Waals surface area contributed by atoms with Crippen LogP contribution in [-0.4, -0.2) is 13.1 Å². The van der Waals surface area contributed by atoms with Gasteiger partial charge in [-0.1, -0.05) is 57.4 Å². The Balaban J connectivity index is 3.31. The van der Waals surface area contributed by atoms with Crippen molar-refractivity contribution in [1.82, 2.24) is 5.32 Å². The summed E-state index contributed by atoms with van der Waals surface area (Å²) in [5, 5.41) is 3.38. The number of hydrogen-bond acceptors (Lipinski definition) is 1. The van der Waals surface area contributed by atoms with Crippen molar-refractivity contribution in [2.75, 3.05) is 7.05 Å². The highest BCUT2D eigenvalue weighted by Crippen LogP contribution is 2.12. The monoisotopic (exact) mass is 225 g/mol. The first-order chi connectivity index (χ1) is 7.70. The average Bonchev–Trinajstić information content (AvgIpc) is 2.25. The minimum absolute atomic E-state index is 0.646. The topological polar surface area (TPSA) is 12.0 Å². The van der Waals surface area contributed by atoms with Crippen LogP contribution in [0.1, 0.15) is 71.6 Å². The third kappa shape index (κ3) is 10.2. The highest BCUT2D eigenvalue weighted by molar-refractivity contribution is 4.92. The van der Waals surface area contributed by atoms with Crippen molar-refractivity contribution >= 4 is 0 Å². The molecule has 0 aliphatic heterocycles. The molecule has 1 unspecified atom stereocenters. The molecular formula is C15H31N. The van der Waals surface area contributed by atoms with E-state index in [4.69, 9.17) is 0 Å². The maximum Gasteiger partial charge on any atom is 0.0101 e. The maximum atomic E-state index is 3.98. The molecule has 1 N–H and O–H groups in total. The average molecular weight is 225 g/mol. The zero-order valence-corrected chi connectivity index (χ0v) is 11.6. The van der Waals surface area contributed by atoms with Crippen molar-refractivity contribution in [2.24, 2.45) is 0 Å². The first kappa shape index (κ1) is 15.7. The molecule has 1 atom stereocenters. The van der Waals surface area contributed by atoms with E-state index in [1.54, 1.807) is 0 Å². The SMILES string of the molecule is C=C(C)CC(CCCCCCCCC)NC. The van der Waals surface area contributed by atoms with Gasteiger partial charge in [-0.15, -0.1) is 6.58 Å². The van der Waals surface area contributed by atoms with E-state index in [1.165, 1.54) is 56.9 Å². The second-order valence-electron chi connectivity index (χ2n) is 5.06. The second-order valence-corrected chi connectivity index (χ2v) is 5.06. The summed E-state index contributed by atoms with van der Waals surface area (Å²) in [5.74, 6) is 0. The Morgan fingerprint density at radius 2 is 1.62 bits per heavy atom. The van der Waals surface area contributed by atoms with Crippen LogP contribution in [0.4, 0.5) is 0 Å². The number of unbranched alkanes of at least 4 members (excludes halogenated alkanes) is 6. The van der Waals surface area contributed by atoms with Crippen LogP contribution in [-0.2, 0) is 0 Å². The van der Waals surface area contributed by atoms with Crippen LogP contribution in [0.5, 0.6) is 0 Å². The molecule has 0 saturated heterocycles. The summed E-state index contributed by atoms with van der Waals surface area (Å²) in [5.41, 5.74) is 1.29. The van der Waals surface area contributed by atoms with Gasteiger partial charge in [-0.2, -0.15) is 0 Å². The highest BCUT2D eigenvalue weighted by Gasteiger charge is 2.05. The van der Waals surface area contributed by atoms with E-state index in [2.05, 4.69) is 32.8 Å². The van der Waals surface area contributed by atoms with Gasteiger partial charge in [-0.05, 0) is 26.8 Å². The molecule has 0 heterocycles. The van der Waals surface area contributed by atoms with E-state index in [0.717, 1.165) is 6.42 Å². The maximum absolute atomic E-state index is 3.98. The zero-order chi connectivity index (χ0) is 12.2. The van der Waals surface area contributed by atoms with Crippen LogP contribution in [0, 0.1) is 0 Å². The summed E-state index contributed by atoms with van der Waals surface area (Å²) >= 11 is 0. The first-order valence-electron chi connectivity index (χ1n) is 7.02. The fourth-order valence-electron chi connectivity index (χ4n) is 2.12. The molecule has 0 radical (unpaired) electrons. The molecule has 0 aromatic carbocycles. The van der Waals surface area contributed by atoms with Crippen molar-refractivity contribution < 1.29 is 0 Å². The second kappa shape index (κ2) is 11.2. The lowest BCUT2D eigenvalue weighted by Crippen LogP contribution is -2.25. The molecule has 0 saturated carbocycles. The van der Waals surface area contributed by atoms with Crippen LogP contribution >= 0.6 is 0 Å². The molecule has 16 heavy (non-hydrogen) atoms. The van der Waals surface area contributed by atoms with Gasteiger partial charge in [0.15, 0.2) is 0 Å². The van der Waals surface area contributed by atoms with Gasteiger partial charge < -0.3 is 5.32 Å². The Bertz CT molecular complexity index is 163. The summed E-state index contributed by atoms with van der Waals surface area (Å²) in [6.45, 7) is 8.37. The van der Waals surface area contributed by atoms with E-state index in [-0.39, 0.29) is 0 Å². The minimum atomic E-state index is 0.646. The molecule has 0 rings (SSSR count). The minimum Gasteiger partial charge on any atom is -0.317 e. The zero-order valence-electron chi connectivity index (χ0n) is 11.6. The van der Waals surface area contributed by atoms with Crippen molar-refractivity contribution in [3.8, 4) is 0 Å². The van der Waals surface area contributed by atoms with Gasteiger partial charge in [0.1, 0.15) is 0 Å². The van der Waals surface area contributed by atoms with Gasteiger partial charge in [0, 0.05) is 6.04 Å². The Morgan fingerprint density at radius 3 is 2.12 bits per heavy atom. The van der Waals surface area contributed by atoms with Gasteiger partial charge in [0.25, 0.3) is 0 Å². The van der Waals surface area contributed by atoms with E-state index in [0.29, 0.717) is 6.04 Å². The van der Waals surface area contributed by atoms with Gasteiger partial charge in [-0.3, -0.25) is 0 Å². The molecule has 0 fully saturated rings. The third-order valence-electron chi connectivity index (χ3n) is 3.16. The predicted octanol–water partition coefficient (Wildman–Crippen LogP) is 4.68. The van der Waals surface area contributed by atoms with Crippen LogP contribution in [0.2, 0.25) is 0 Å². The summed E-state index contributed by atoms with van der Waals surface area (Å²) in [7, 11) is 2.06. The molecule has 0 aliphatic rings. The molecule has 0 spiro atoms. The Hall–Kier alpha value is -0.300. The summed E-state index contributed by atoms with van der Waals surface area (Å²) in [4.78, 5) is 0. The van der Waals surface area contributed by atoms with E-state index in [1.807, 2.05) is 0 Å². The van der Waals surface area contributed by atoms with Crippen molar-refractivity contribution in [2.45, 2.75) is 77.7 Å². The summed E-state index contributed by atoms with van der Waals surface area (Å²) in [6, 6.07) is 0.646. The Morgan fingerprint density at radius 1 is 1.06 bits per heavy atom. The lowest BCUT2D eigenvalue weighted by Gasteiger charge is -2.15. The summed E-state index contributed by atoms with van der Waals surface area (Å²) in [6.07, 6.45) is 12.2. The van der Waals surface area contributed by atoms with Crippen molar-refractivity contribution in [3.05, 3.63) is 12.2 Å².